The Balaban J connectivity index is 1.64. The molecule has 0 bridgehead atoms. The van der Waals surface area contributed by atoms with Crippen molar-refractivity contribution >= 4 is 33.6 Å². The van der Waals surface area contributed by atoms with Gasteiger partial charge in [-0.05, 0) is 49.2 Å². The maximum Gasteiger partial charge on any atom is 0.573 e. The molecule has 1 aromatic heterocycles. The summed E-state index contributed by atoms with van der Waals surface area (Å²) in [5.74, 6) is -0.00219. The summed E-state index contributed by atoms with van der Waals surface area (Å²) in [6, 6.07) is 13.2. The number of rotatable bonds is 6. The zero-order valence-corrected chi connectivity index (χ0v) is 19.2. The van der Waals surface area contributed by atoms with Gasteiger partial charge >= 0.3 is 6.36 Å². The van der Waals surface area contributed by atoms with E-state index in [2.05, 4.69) is 25.7 Å². The third kappa shape index (κ3) is 5.47. The largest absolute Gasteiger partial charge is 0.573 e. The lowest BCUT2D eigenvalue weighted by Gasteiger charge is -2.16. The van der Waals surface area contributed by atoms with E-state index < -0.39 is 6.36 Å². The van der Waals surface area contributed by atoms with E-state index in [9.17, 15) is 18.0 Å². The van der Waals surface area contributed by atoms with Crippen molar-refractivity contribution in [1.29, 1.82) is 0 Å². The van der Waals surface area contributed by atoms with Crippen molar-refractivity contribution in [2.45, 2.75) is 24.4 Å². The van der Waals surface area contributed by atoms with E-state index in [0.29, 0.717) is 10.8 Å². The monoisotopic (exact) mass is 525 g/mol. The van der Waals surface area contributed by atoms with Crippen LogP contribution in [0.4, 0.5) is 13.2 Å². The van der Waals surface area contributed by atoms with Crippen LogP contribution in [0, 0.1) is 0 Å². The molecule has 0 radical (unpaired) electrons. The van der Waals surface area contributed by atoms with Crippen LogP contribution in [-0.2, 0) is 4.79 Å². The van der Waals surface area contributed by atoms with E-state index in [1.165, 1.54) is 36.0 Å². The van der Waals surface area contributed by atoms with E-state index >= 15 is 0 Å². The Kier molecular flexibility index (Phi) is 6.80. The normalized spacial score (nSPS) is 14.1. The first kappa shape index (κ1) is 22.7. The molecule has 2 heterocycles. The second-order valence-electron chi connectivity index (χ2n) is 7.19. The number of nitrogens with zero attached hydrogens (tertiary/aromatic N) is 3. The molecule has 1 saturated heterocycles. The molecule has 5 nitrogen and oxygen atoms in total. The number of halogens is 4. The van der Waals surface area contributed by atoms with Crippen LogP contribution in [0.1, 0.15) is 12.8 Å². The smallest absolute Gasteiger partial charge is 0.406 e. The first-order chi connectivity index (χ1) is 15.3. The van der Waals surface area contributed by atoms with E-state index in [0.717, 1.165) is 41.7 Å². The van der Waals surface area contributed by atoms with Crippen LogP contribution >= 0.6 is 27.7 Å². The Morgan fingerprint density at radius 1 is 1.06 bits per heavy atom. The van der Waals surface area contributed by atoms with Gasteiger partial charge in [0.2, 0.25) is 5.91 Å². The van der Waals surface area contributed by atoms with Gasteiger partial charge in [-0.25, -0.2) is 4.98 Å². The minimum atomic E-state index is -4.75. The Morgan fingerprint density at radius 3 is 2.34 bits per heavy atom. The molecule has 0 unspecified atom stereocenters. The Bertz CT molecular complexity index is 1080. The molecule has 2 aromatic carbocycles. The molecule has 0 spiro atoms. The molecule has 0 aliphatic carbocycles. The van der Waals surface area contributed by atoms with Crippen molar-refractivity contribution in [1.82, 2.24) is 14.5 Å². The minimum Gasteiger partial charge on any atom is -0.406 e. The molecule has 32 heavy (non-hydrogen) atoms. The van der Waals surface area contributed by atoms with Crippen LogP contribution in [0.25, 0.3) is 16.9 Å². The molecule has 4 rings (SSSR count). The first-order valence-electron chi connectivity index (χ1n) is 9.90. The van der Waals surface area contributed by atoms with Crippen molar-refractivity contribution in [3.05, 3.63) is 59.2 Å². The average Bonchev–Trinajstić information content (AvgIpc) is 3.42. The van der Waals surface area contributed by atoms with Crippen molar-refractivity contribution in [2.75, 3.05) is 18.8 Å². The number of thioether (sulfide) groups is 1. The molecule has 3 aromatic rings. The van der Waals surface area contributed by atoms with Crippen molar-refractivity contribution < 1.29 is 22.7 Å². The van der Waals surface area contributed by atoms with Crippen molar-refractivity contribution in [3.8, 4) is 22.7 Å². The van der Waals surface area contributed by atoms with Gasteiger partial charge in [0, 0.05) is 28.8 Å². The number of imidazole rings is 1. The molecule has 10 heteroatoms. The van der Waals surface area contributed by atoms with Gasteiger partial charge in [0.1, 0.15) is 5.75 Å². The number of alkyl halides is 3. The predicted octanol–water partition coefficient (Wildman–Crippen LogP) is 5.91. The fourth-order valence-corrected chi connectivity index (χ4v) is 4.65. The molecule has 0 saturated carbocycles. The second-order valence-corrected chi connectivity index (χ2v) is 9.04. The highest BCUT2D eigenvalue weighted by Gasteiger charge is 2.31. The van der Waals surface area contributed by atoms with Gasteiger partial charge in [-0.2, -0.15) is 0 Å². The Morgan fingerprint density at radius 2 is 1.72 bits per heavy atom. The number of ether oxygens (including phenoxy) is 1. The molecule has 0 atom stereocenters. The highest BCUT2D eigenvalue weighted by atomic mass is 79.9. The highest BCUT2D eigenvalue weighted by molar-refractivity contribution is 9.10. The minimum absolute atomic E-state index is 0.0566. The standard InChI is InChI=1S/C22H19BrF3N3O2S/c23-16-5-3-15(4-6-16)19-13-27-21(32-14-20(30)28-11-1-2-12-28)29(19)17-7-9-18(10-8-17)31-22(24,25)26/h3-10,13H,1-2,11-12,14H2. The van der Waals surface area contributed by atoms with Gasteiger partial charge < -0.3 is 9.64 Å². The summed E-state index contributed by atoms with van der Waals surface area (Å²) in [4.78, 5) is 18.8. The third-order valence-electron chi connectivity index (χ3n) is 4.98. The van der Waals surface area contributed by atoms with Crippen LogP contribution in [0.3, 0.4) is 0 Å². The van der Waals surface area contributed by atoms with Crippen molar-refractivity contribution in [2.24, 2.45) is 0 Å². The summed E-state index contributed by atoms with van der Waals surface area (Å²) in [5.41, 5.74) is 2.26. The maximum absolute atomic E-state index is 12.5. The lowest BCUT2D eigenvalue weighted by Crippen LogP contribution is -2.29. The van der Waals surface area contributed by atoms with E-state index in [1.54, 1.807) is 6.20 Å². The van der Waals surface area contributed by atoms with Crippen LogP contribution in [-0.4, -0.2) is 45.6 Å². The van der Waals surface area contributed by atoms with E-state index in [1.807, 2.05) is 33.7 Å². The summed E-state index contributed by atoms with van der Waals surface area (Å²) in [7, 11) is 0. The Labute approximate surface area is 195 Å². The summed E-state index contributed by atoms with van der Waals surface area (Å²) in [6.07, 6.45) is -1.02. The number of hydrogen-bond donors (Lipinski definition) is 0. The molecule has 1 fully saturated rings. The number of amides is 1. The van der Waals surface area contributed by atoms with Gasteiger partial charge in [0.25, 0.3) is 0 Å². The van der Waals surface area contributed by atoms with Crippen molar-refractivity contribution in [3.63, 3.8) is 0 Å². The fourth-order valence-electron chi connectivity index (χ4n) is 3.49. The molecule has 0 N–H and O–H groups in total. The fraction of sp³-hybridized carbons (Fsp3) is 0.273. The Hall–Kier alpha value is -2.46. The highest BCUT2D eigenvalue weighted by Crippen LogP contribution is 2.32. The zero-order valence-electron chi connectivity index (χ0n) is 16.8. The van der Waals surface area contributed by atoms with Gasteiger partial charge in [-0.1, -0.05) is 39.8 Å². The van der Waals surface area contributed by atoms with E-state index in [-0.39, 0.29) is 17.4 Å². The van der Waals surface area contributed by atoms with Gasteiger partial charge in [0.05, 0.1) is 17.6 Å². The lowest BCUT2D eigenvalue weighted by atomic mass is 10.1. The lowest BCUT2D eigenvalue weighted by molar-refractivity contribution is -0.274. The number of hydrogen-bond acceptors (Lipinski definition) is 4. The topological polar surface area (TPSA) is 47.4 Å². The molecule has 1 aliphatic heterocycles. The number of aromatic nitrogens is 2. The summed E-state index contributed by atoms with van der Waals surface area (Å²) < 4.78 is 44.3. The molecular formula is C22H19BrF3N3O2S. The van der Waals surface area contributed by atoms with Gasteiger partial charge in [0.15, 0.2) is 5.16 Å². The molecule has 1 aliphatic rings. The van der Waals surface area contributed by atoms with Crippen LogP contribution in [0.2, 0.25) is 0 Å². The average molecular weight is 526 g/mol. The van der Waals surface area contributed by atoms with Crippen LogP contribution in [0.5, 0.6) is 5.75 Å². The van der Waals surface area contributed by atoms with Gasteiger partial charge in [-0.3, -0.25) is 9.36 Å². The SMILES string of the molecule is O=C(CSc1ncc(-c2ccc(Br)cc2)n1-c1ccc(OC(F)(F)F)cc1)N1CCCC1. The van der Waals surface area contributed by atoms with E-state index in [4.69, 9.17) is 0 Å². The quantitative estimate of drug-likeness (QED) is 0.375. The summed E-state index contributed by atoms with van der Waals surface area (Å²) >= 11 is 4.73. The maximum atomic E-state index is 12.5. The number of likely N-dealkylation sites (tertiary alicyclic amines) is 1. The summed E-state index contributed by atoms with van der Waals surface area (Å²) in [5, 5.41) is 0.583. The number of benzene rings is 2. The van der Waals surface area contributed by atoms with Gasteiger partial charge in [-0.15, -0.1) is 13.2 Å². The molecular weight excluding hydrogens is 507 g/mol. The molecule has 168 valence electrons. The third-order valence-corrected chi connectivity index (χ3v) is 6.45. The molecule has 1 amide bonds. The second kappa shape index (κ2) is 9.58. The summed E-state index contributed by atoms with van der Waals surface area (Å²) in [6.45, 7) is 1.55. The zero-order chi connectivity index (χ0) is 22.7. The number of carbonyl (C=O) groups excluding carboxylic acids is 1. The first-order valence-corrected chi connectivity index (χ1v) is 11.7. The predicted molar refractivity (Wildman–Crippen MR) is 120 cm³/mol. The van der Waals surface area contributed by atoms with Crippen LogP contribution in [0.15, 0.2) is 64.4 Å². The van der Waals surface area contributed by atoms with Crippen LogP contribution < -0.4 is 4.74 Å². The number of carbonyl (C=O) groups is 1.